The lowest BCUT2D eigenvalue weighted by Gasteiger charge is -2.36. The summed E-state index contributed by atoms with van der Waals surface area (Å²) < 4.78 is 0. The summed E-state index contributed by atoms with van der Waals surface area (Å²) in [7, 11) is 0. The van der Waals surface area contributed by atoms with Gasteiger partial charge in [-0.1, -0.05) is 43.6 Å². The number of halogens is 1. The van der Waals surface area contributed by atoms with Crippen LogP contribution in [0.4, 0.5) is 5.69 Å². The highest BCUT2D eigenvalue weighted by Gasteiger charge is 2.60. The van der Waals surface area contributed by atoms with Gasteiger partial charge < -0.3 is 14.8 Å². The van der Waals surface area contributed by atoms with E-state index in [9.17, 15) is 5.11 Å². The van der Waals surface area contributed by atoms with Crippen molar-refractivity contribution >= 4 is 23.0 Å². The molecule has 1 aromatic carbocycles. The molecule has 1 unspecified atom stereocenters. The van der Waals surface area contributed by atoms with Gasteiger partial charge in [0.1, 0.15) is 12.7 Å². The van der Waals surface area contributed by atoms with E-state index in [1.165, 1.54) is 24.2 Å². The van der Waals surface area contributed by atoms with E-state index in [1.54, 1.807) is 0 Å². The maximum absolute atomic E-state index is 10.4. The summed E-state index contributed by atoms with van der Waals surface area (Å²) in [6.45, 7) is 11.7. The van der Waals surface area contributed by atoms with Crippen molar-refractivity contribution in [2.24, 2.45) is 21.9 Å². The average Bonchev–Trinajstić information content (AvgIpc) is 3.02. The quantitative estimate of drug-likeness (QED) is 0.707. The molecule has 2 saturated carbocycles. The van der Waals surface area contributed by atoms with E-state index >= 15 is 0 Å². The maximum Gasteiger partial charge on any atom is 0.144 e. The number of aliphatic hydroxyl groups excluding tert-OH is 1. The first-order chi connectivity index (χ1) is 13.8. The first-order valence-corrected chi connectivity index (χ1v) is 11.3. The van der Waals surface area contributed by atoms with Gasteiger partial charge in [-0.15, -0.1) is 0 Å². The van der Waals surface area contributed by atoms with Crippen molar-refractivity contribution in [1.29, 1.82) is 0 Å². The van der Waals surface area contributed by atoms with Crippen LogP contribution in [0.3, 0.4) is 0 Å². The smallest absolute Gasteiger partial charge is 0.144 e. The lowest BCUT2D eigenvalue weighted by molar-refractivity contribution is 0.0167. The van der Waals surface area contributed by atoms with Crippen LogP contribution in [0.5, 0.6) is 0 Å². The van der Waals surface area contributed by atoms with Gasteiger partial charge in [-0.25, -0.2) is 0 Å². The zero-order valence-corrected chi connectivity index (χ0v) is 18.7. The molecule has 3 aliphatic rings. The second-order valence-corrected chi connectivity index (χ2v) is 10.2. The zero-order valence-electron chi connectivity index (χ0n) is 17.9. The van der Waals surface area contributed by atoms with Crippen molar-refractivity contribution in [2.45, 2.75) is 46.1 Å². The molecule has 1 aromatic rings. The van der Waals surface area contributed by atoms with Gasteiger partial charge in [0.25, 0.3) is 0 Å². The number of piperazine rings is 1. The van der Waals surface area contributed by atoms with Gasteiger partial charge in [-0.3, -0.25) is 4.90 Å². The standard InChI is InChI=1S/C23H34ClN3O2/c1-22(2)17-7-8-23(22,3)21(13-17)25-29-16-20(28)15-26-9-11-27(12-10-26)19-6-4-5-18(24)14-19/h4-6,14,17,20,28H,7-13,15-16H2,1-3H3/b25-21+/t17-,20?,23+/m0/s1. The third-order valence-electron chi connectivity index (χ3n) is 7.97. The van der Waals surface area contributed by atoms with E-state index in [0.717, 1.165) is 43.5 Å². The SMILES string of the molecule is CC1(C)[C@H]2CC[C@]1(C)/C(=N/OCC(O)CN1CCN(c3cccc(Cl)c3)CC1)C2. The summed E-state index contributed by atoms with van der Waals surface area (Å²) in [5.41, 5.74) is 2.82. The highest BCUT2D eigenvalue weighted by molar-refractivity contribution is 6.30. The summed E-state index contributed by atoms with van der Waals surface area (Å²) in [6, 6.07) is 8.00. The third kappa shape index (κ3) is 4.01. The van der Waals surface area contributed by atoms with E-state index in [2.05, 4.69) is 41.8 Å². The molecule has 6 heteroatoms. The largest absolute Gasteiger partial charge is 0.393 e. The number of aliphatic hydroxyl groups is 1. The number of fused-ring (bicyclic) bond motifs is 2. The zero-order chi connectivity index (χ0) is 20.6. The Morgan fingerprint density at radius 2 is 2.00 bits per heavy atom. The van der Waals surface area contributed by atoms with Crippen molar-refractivity contribution in [3.05, 3.63) is 29.3 Å². The molecule has 2 bridgehead atoms. The Kier molecular flexibility index (Phi) is 5.84. The molecule has 1 saturated heterocycles. The molecule has 0 spiro atoms. The number of hydrogen-bond donors (Lipinski definition) is 1. The van der Waals surface area contributed by atoms with Gasteiger partial charge in [0.15, 0.2) is 0 Å². The van der Waals surface area contributed by atoms with E-state index < -0.39 is 6.10 Å². The van der Waals surface area contributed by atoms with Crippen LogP contribution >= 0.6 is 11.6 Å². The van der Waals surface area contributed by atoms with Gasteiger partial charge in [0, 0.05) is 48.8 Å². The molecule has 3 atom stereocenters. The molecular weight excluding hydrogens is 386 g/mol. The minimum absolute atomic E-state index is 0.152. The van der Waals surface area contributed by atoms with Crippen molar-refractivity contribution < 1.29 is 9.94 Å². The molecule has 1 N–H and O–H groups in total. The van der Waals surface area contributed by atoms with E-state index in [1.807, 2.05) is 18.2 Å². The molecule has 1 heterocycles. The number of rotatable bonds is 6. The average molecular weight is 420 g/mol. The minimum Gasteiger partial charge on any atom is -0.393 e. The molecule has 29 heavy (non-hydrogen) atoms. The van der Waals surface area contributed by atoms with Crippen LogP contribution in [0.15, 0.2) is 29.4 Å². The number of benzene rings is 1. The second-order valence-electron chi connectivity index (χ2n) is 9.75. The minimum atomic E-state index is -0.517. The van der Waals surface area contributed by atoms with E-state index in [4.69, 9.17) is 16.4 Å². The molecule has 1 aliphatic heterocycles. The highest BCUT2D eigenvalue weighted by Crippen LogP contribution is 2.63. The van der Waals surface area contributed by atoms with Gasteiger partial charge in [-0.2, -0.15) is 0 Å². The van der Waals surface area contributed by atoms with Crippen molar-refractivity contribution in [3.8, 4) is 0 Å². The molecule has 3 fully saturated rings. The Morgan fingerprint density at radius 1 is 1.24 bits per heavy atom. The fourth-order valence-electron chi connectivity index (χ4n) is 5.48. The van der Waals surface area contributed by atoms with Crippen molar-refractivity contribution in [3.63, 3.8) is 0 Å². The number of β-amino-alcohol motifs (C(OH)–C–C–N with tert-alkyl or cyclic N) is 1. The molecule has 0 aromatic heterocycles. The van der Waals surface area contributed by atoms with Gasteiger partial charge in [0.05, 0.1) is 5.71 Å². The summed E-state index contributed by atoms with van der Waals surface area (Å²) in [6.07, 6.45) is 3.03. The molecule has 160 valence electrons. The summed E-state index contributed by atoms with van der Waals surface area (Å²) in [5, 5.41) is 15.7. The summed E-state index contributed by atoms with van der Waals surface area (Å²) in [4.78, 5) is 10.3. The Bertz CT molecular complexity index is 760. The van der Waals surface area contributed by atoms with Gasteiger partial charge >= 0.3 is 0 Å². The van der Waals surface area contributed by atoms with Crippen molar-refractivity contribution in [1.82, 2.24) is 4.90 Å². The lowest BCUT2D eigenvalue weighted by Crippen LogP contribution is -2.49. The van der Waals surface area contributed by atoms with Crippen LogP contribution in [0.1, 0.15) is 40.0 Å². The number of oxime groups is 1. The van der Waals surface area contributed by atoms with Crippen LogP contribution in [0.25, 0.3) is 0 Å². The van der Waals surface area contributed by atoms with E-state index in [0.29, 0.717) is 12.0 Å². The topological polar surface area (TPSA) is 48.3 Å². The van der Waals surface area contributed by atoms with Crippen LogP contribution in [-0.4, -0.2) is 61.2 Å². The molecular formula is C23H34ClN3O2. The fraction of sp³-hybridized carbons (Fsp3) is 0.696. The van der Waals surface area contributed by atoms with Crippen LogP contribution in [-0.2, 0) is 4.84 Å². The lowest BCUT2D eigenvalue weighted by atomic mass is 9.70. The Hall–Kier alpha value is -1.30. The predicted molar refractivity (Wildman–Crippen MR) is 119 cm³/mol. The third-order valence-corrected chi connectivity index (χ3v) is 8.20. The number of anilines is 1. The van der Waals surface area contributed by atoms with Crippen LogP contribution < -0.4 is 4.90 Å². The van der Waals surface area contributed by atoms with Gasteiger partial charge in [0.2, 0.25) is 0 Å². The van der Waals surface area contributed by atoms with Crippen LogP contribution in [0, 0.1) is 16.7 Å². The second kappa shape index (κ2) is 8.09. The Labute approximate surface area is 179 Å². The first kappa shape index (κ1) is 21.0. The molecule has 2 aliphatic carbocycles. The van der Waals surface area contributed by atoms with Crippen LogP contribution in [0.2, 0.25) is 5.02 Å². The normalized spacial score (nSPS) is 31.4. The monoisotopic (exact) mass is 419 g/mol. The Balaban J connectivity index is 1.22. The fourth-order valence-corrected chi connectivity index (χ4v) is 5.66. The molecule has 0 radical (unpaired) electrons. The van der Waals surface area contributed by atoms with E-state index in [-0.39, 0.29) is 12.0 Å². The summed E-state index contributed by atoms with van der Waals surface area (Å²) >= 11 is 6.11. The highest BCUT2D eigenvalue weighted by atomic mass is 35.5. The Morgan fingerprint density at radius 3 is 2.62 bits per heavy atom. The number of hydrogen-bond acceptors (Lipinski definition) is 5. The maximum atomic E-state index is 10.4. The predicted octanol–water partition coefficient (Wildman–Crippen LogP) is 4.04. The van der Waals surface area contributed by atoms with Crippen molar-refractivity contribution in [2.75, 3.05) is 44.2 Å². The van der Waals surface area contributed by atoms with Gasteiger partial charge in [-0.05, 0) is 48.8 Å². The molecule has 4 rings (SSSR count). The summed E-state index contributed by atoms with van der Waals surface area (Å²) in [5.74, 6) is 0.718. The molecule has 5 nitrogen and oxygen atoms in total. The first-order valence-electron chi connectivity index (χ1n) is 10.9. The number of nitrogens with zero attached hydrogens (tertiary/aromatic N) is 3. The molecule has 0 amide bonds.